The summed E-state index contributed by atoms with van der Waals surface area (Å²) in [6, 6.07) is 7.28. The topological polar surface area (TPSA) is 9.23 Å². The van der Waals surface area contributed by atoms with Crippen LogP contribution in [0.25, 0.3) is 5.57 Å². The second-order valence-electron chi connectivity index (χ2n) is 2.84. The summed E-state index contributed by atoms with van der Waals surface area (Å²) < 4.78 is 18.0. The first kappa shape index (κ1) is 9.78. The minimum Gasteiger partial charge on any atom is -0.496 e. The lowest BCUT2D eigenvalue weighted by molar-refractivity contribution is 0.408. The quantitative estimate of drug-likeness (QED) is 0.694. The number of alkyl halides is 1. The smallest absolute Gasteiger partial charge is 0.126 e. The van der Waals surface area contributed by atoms with Gasteiger partial charge in [-0.15, -0.1) is 0 Å². The van der Waals surface area contributed by atoms with Crippen molar-refractivity contribution in [2.24, 2.45) is 0 Å². The first-order valence-corrected chi connectivity index (χ1v) is 4.13. The number of ether oxygens (including phenoxy) is 1. The molecule has 0 saturated carbocycles. The van der Waals surface area contributed by atoms with Gasteiger partial charge < -0.3 is 4.74 Å². The van der Waals surface area contributed by atoms with E-state index in [9.17, 15) is 4.39 Å². The monoisotopic (exact) mass is 180 g/mol. The molecule has 1 rings (SSSR count). The Morgan fingerprint density at radius 2 is 2.08 bits per heavy atom. The zero-order valence-corrected chi connectivity index (χ0v) is 7.88. The number of halogens is 1. The summed E-state index contributed by atoms with van der Waals surface area (Å²) in [5.74, 6) is 0.664. The molecule has 0 aliphatic heterocycles. The second kappa shape index (κ2) is 4.08. The van der Waals surface area contributed by atoms with Crippen molar-refractivity contribution in [3.05, 3.63) is 36.4 Å². The van der Waals surface area contributed by atoms with Crippen molar-refractivity contribution in [3.63, 3.8) is 0 Å². The summed E-state index contributed by atoms with van der Waals surface area (Å²) >= 11 is 0. The maximum Gasteiger partial charge on any atom is 0.126 e. The summed E-state index contributed by atoms with van der Waals surface area (Å²) in [6.07, 6.45) is -1.05. The van der Waals surface area contributed by atoms with Gasteiger partial charge in [0.05, 0.1) is 7.11 Å². The van der Waals surface area contributed by atoms with Crippen molar-refractivity contribution < 1.29 is 9.13 Å². The Morgan fingerprint density at radius 1 is 1.46 bits per heavy atom. The van der Waals surface area contributed by atoms with Gasteiger partial charge in [0.2, 0.25) is 0 Å². The van der Waals surface area contributed by atoms with E-state index < -0.39 is 6.17 Å². The number of allylic oxidation sites excluding steroid dienone is 1. The molecule has 0 radical (unpaired) electrons. The van der Waals surface area contributed by atoms with Gasteiger partial charge in [0.25, 0.3) is 0 Å². The van der Waals surface area contributed by atoms with E-state index in [2.05, 4.69) is 6.58 Å². The van der Waals surface area contributed by atoms with E-state index in [1.54, 1.807) is 19.2 Å². The molecule has 0 heterocycles. The molecular weight excluding hydrogens is 167 g/mol. The Hall–Kier alpha value is -1.31. The lowest BCUT2D eigenvalue weighted by atomic mass is 10.0. The van der Waals surface area contributed by atoms with E-state index in [4.69, 9.17) is 4.74 Å². The Balaban J connectivity index is 3.06. The molecule has 1 aromatic rings. The highest BCUT2D eigenvalue weighted by molar-refractivity contribution is 5.71. The maximum absolute atomic E-state index is 12.9. The van der Waals surface area contributed by atoms with Crippen LogP contribution in [-0.4, -0.2) is 13.3 Å². The third kappa shape index (κ3) is 2.08. The molecule has 1 nitrogen and oxygen atoms in total. The van der Waals surface area contributed by atoms with Crippen molar-refractivity contribution >= 4 is 5.57 Å². The Kier molecular flexibility index (Phi) is 3.07. The van der Waals surface area contributed by atoms with Crippen LogP contribution in [0.3, 0.4) is 0 Å². The predicted octanol–water partition coefficient (Wildman–Crippen LogP) is 3.07. The van der Waals surface area contributed by atoms with Crippen LogP contribution in [0, 0.1) is 0 Å². The molecule has 0 aliphatic rings. The molecule has 70 valence electrons. The van der Waals surface area contributed by atoms with Crippen LogP contribution in [0.2, 0.25) is 0 Å². The number of hydrogen-bond donors (Lipinski definition) is 0. The molecule has 13 heavy (non-hydrogen) atoms. The zero-order chi connectivity index (χ0) is 9.84. The van der Waals surface area contributed by atoms with Gasteiger partial charge in [-0.1, -0.05) is 24.8 Å². The van der Waals surface area contributed by atoms with Crippen LogP contribution in [-0.2, 0) is 0 Å². The largest absolute Gasteiger partial charge is 0.496 e. The predicted molar refractivity (Wildman–Crippen MR) is 52.6 cm³/mol. The van der Waals surface area contributed by atoms with Gasteiger partial charge in [-0.3, -0.25) is 0 Å². The van der Waals surface area contributed by atoms with E-state index in [0.717, 1.165) is 5.56 Å². The average molecular weight is 180 g/mol. The summed E-state index contributed by atoms with van der Waals surface area (Å²) in [4.78, 5) is 0. The zero-order valence-electron chi connectivity index (χ0n) is 7.88. The molecule has 0 saturated heterocycles. The van der Waals surface area contributed by atoms with Gasteiger partial charge in [0.1, 0.15) is 11.9 Å². The summed E-state index contributed by atoms with van der Waals surface area (Å²) in [5.41, 5.74) is 1.19. The second-order valence-corrected chi connectivity index (χ2v) is 2.84. The molecule has 1 unspecified atom stereocenters. The highest BCUT2D eigenvalue weighted by atomic mass is 19.1. The van der Waals surface area contributed by atoms with E-state index in [1.165, 1.54) is 6.92 Å². The van der Waals surface area contributed by atoms with Crippen LogP contribution in [0.4, 0.5) is 4.39 Å². The molecule has 0 bridgehead atoms. The van der Waals surface area contributed by atoms with Crippen LogP contribution in [0.5, 0.6) is 5.75 Å². The van der Waals surface area contributed by atoms with Crippen molar-refractivity contribution in [2.75, 3.05) is 7.11 Å². The SMILES string of the molecule is C=C(c1ccccc1OC)C(C)F. The minimum absolute atomic E-state index is 0.456. The summed E-state index contributed by atoms with van der Waals surface area (Å²) in [7, 11) is 1.56. The van der Waals surface area contributed by atoms with Crippen molar-refractivity contribution in [3.8, 4) is 5.75 Å². The molecule has 1 atom stereocenters. The van der Waals surface area contributed by atoms with Crippen LogP contribution < -0.4 is 4.74 Å². The van der Waals surface area contributed by atoms with E-state index >= 15 is 0 Å². The normalized spacial score (nSPS) is 12.2. The minimum atomic E-state index is -1.05. The lowest BCUT2D eigenvalue weighted by Gasteiger charge is -2.11. The van der Waals surface area contributed by atoms with Gasteiger partial charge in [-0.05, 0) is 18.6 Å². The van der Waals surface area contributed by atoms with Gasteiger partial charge in [-0.25, -0.2) is 4.39 Å². The number of hydrogen-bond acceptors (Lipinski definition) is 1. The first-order chi connectivity index (χ1) is 6.16. The Labute approximate surface area is 77.8 Å². The van der Waals surface area contributed by atoms with Gasteiger partial charge in [0, 0.05) is 5.56 Å². The average Bonchev–Trinajstić information content (AvgIpc) is 2.16. The number of rotatable bonds is 3. The molecule has 0 aromatic heterocycles. The molecule has 0 amide bonds. The van der Waals surface area contributed by atoms with E-state index in [-0.39, 0.29) is 0 Å². The molecule has 0 aliphatic carbocycles. The fourth-order valence-corrected chi connectivity index (χ4v) is 1.12. The fraction of sp³-hybridized carbons (Fsp3) is 0.273. The number of para-hydroxylation sites is 1. The molecule has 0 fully saturated rings. The van der Waals surface area contributed by atoms with Crippen molar-refractivity contribution in [2.45, 2.75) is 13.1 Å². The third-order valence-corrected chi connectivity index (χ3v) is 1.93. The third-order valence-electron chi connectivity index (χ3n) is 1.93. The van der Waals surface area contributed by atoms with E-state index in [0.29, 0.717) is 11.3 Å². The number of benzene rings is 1. The summed E-state index contributed by atoms with van der Waals surface area (Å²) in [5, 5.41) is 0. The Bertz CT molecular complexity index is 305. The summed E-state index contributed by atoms with van der Waals surface area (Å²) in [6.45, 7) is 5.15. The molecule has 0 N–H and O–H groups in total. The highest BCUT2D eigenvalue weighted by Gasteiger charge is 2.10. The molecule has 0 spiro atoms. The highest BCUT2D eigenvalue weighted by Crippen LogP contribution is 2.27. The van der Waals surface area contributed by atoms with Crippen LogP contribution in [0.1, 0.15) is 12.5 Å². The van der Waals surface area contributed by atoms with Crippen molar-refractivity contribution in [1.82, 2.24) is 0 Å². The Morgan fingerprint density at radius 3 is 2.62 bits per heavy atom. The fourth-order valence-electron chi connectivity index (χ4n) is 1.12. The van der Waals surface area contributed by atoms with Crippen LogP contribution in [0.15, 0.2) is 30.8 Å². The van der Waals surface area contributed by atoms with Crippen LogP contribution >= 0.6 is 0 Å². The number of methoxy groups -OCH3 is 1. The van der Waals surface area contributed by atoms with Gasteiger partial charge in [0.15, 0.2) is 0 Å². The standard InChI is InChI=1S/C11H13FO/c1-8(9(2)12)10-6-4-5-7-11(10)13-3/h4-7,9H,1H2,2-3H3. The first-order valence-electron chi connectivity index (χ1n) is 4.13. The lowest BCUT2D eigenvalue weighted by Crippen LogP contribution is -1.98. The van der Waals surface area contributed by atoms with Gasteiger partial charge >= 0.3 is 0 Å². The van der Waals surface area contributed by atoms with E-state index in [1.807, 2.05) is 12.1 Å². The molecule has 2 heteroatoms. The molecular formula is C11H13FO. The van der Waals surface area contributed by atoms with Crippen molar-refractivity contribution in [1.29, 1.82) is 0 Å². The maximum atomic E-state index is 12.9. The molecule has 1 aromatic carbocycles. The van der Waals surface area contributed by atoms with Gasteiger partial charge in [-0.2, -0.15) is 0 Å².